The van der Waals surface area contributed by atoms with E-state index >= 15 is 0 Å². The van der Waals surface area contributed by atoms with Crippen molar-refractivity contribution in [2.45, 2.75) is 425 Å². The van der Waals surface area contributed by atoms with Crippen LogP contribution in [0.5, 0.6) is 0 Å². The summed E-state index contributed by atoms with van der Waals surface area (Å²) in [5.74, 6) is -3.08. The first-order valence-corrected chi connectivity index (χ1v) is 48.3. The van der Waals surface area contributed by atoms with Crippen molar-refractivity contribution in [3.8, 4) is 0 Å². The standard InChI is InChI=1S/C88H164N4O20P2.2Na/c1-7-13-19-25-29-33-37-43-47-55-79(93)71-85(97)91-77(73-105-67-63-81(57-49-41-23-17-11-5)111-87(99)61-51-45-39-35-31-27-21-15-9-3)75-109-113(101,102)107-69-65-89-83(95)59-53-54-60-84(96)90-66-70-108-114(103,104)110-76-78(92-86(98)72-80(94)56-48-44-38-34-30-26-20-14-8-2)74-106-68-64-82(58-50-42-24-18-12-6)112-88(100)62-52-46-40-36-32-28-22-16-10-4;;/h35-36,39-40,77-78,81-82H,7-34,37-38,41-76H2,1-6H3,(H,89,95)(H,90,96)(H,91,97)(H,92,98)(H,101,102)(H,103,104);;/q;2*+1/p-2/b39-35-,40-36-;;/t77?,78?,81-,82-;;/m1../s1. The molecule has 0 radical (unpaired) electrons. The molecule has 0 fully saturated rings. The summed E-state index contributed by atoms with van der Waals surface area (Å²) in [4.78, 5) is 130. The second kappa shape index (κ2) is 86.3. The van der Waals surface area contributed by atoms with Crippen LogP contribution in [0.25, 0.3) is 0 Å². The number of carbonyl (C=O) groups excluding carboxylic acids is 8. The maximum atomic E-state index is 13.2. The Balaban J connectivity index is -0.0000638. The number of unbranched alkanes of at least 4 members (excludes halogenated alkanes) is 35. The SMILES string of the molecule is CCCCCC/C=C\CCCC(=O)O[C@H](CCCCCCC)CCOCC(COP(=O)([O-])OCCNC(=O)CCCCC(=O)NCCOP(=O)([O-])OCC(COCC[C@@H](CCCCCCC)OC(=O)CCC/C=C\CCCCCC)NC(=O)CC(=O)CCCCCCCCCCC)NC(=O)CC(=O)CCCCCCCCCCC.[Na+].[Na+]. The normalized spacial score (nSPS) is 13.6. The predicted octanol–water partition coefficient (Wildman–Crippen LogP) is 13.3. The number of rotatable bonds is 87. The fourth-order valence-electron chi connectivity index (χ4n) is 12.9. The molecule has 0 rings (SSSR count). The minimum absolute atomic E-state index is 0. The number of ether oxygens (including phenoxy) is 4. The number of esters is 2. The second-order valence-electron chi connectivity index (χ2n) is 31.0. The average Bonchev–Trinajstić information content (AvgIpc) is 0.902. The largest absolute Gasteiger partial charge is 1.00 e. The summed E-state index contributed by atoms with van der Waals surface area (Å²) >= 11 is 0. The molecule has 0 saturated carbocycles. The van der Waals surface area contributed by atoms with Gasteiger partial charge in [0.25, 0.3) is 15.6 Å². The Morgan fingerprint density at radius 1 is 0.310 bits per heavy atom. The second-order valence-corrected chi connectivity index (χ2v) is 33.8. The zero-order chi connectivity index (χ0) is 83.9. The third-order valence-corrected chi connectivity index (χ3v) is 21.7. The van der Waals surface area contributed by atoms with E-state index in [1.54, 1.807) is 0 Å². The minimum atomic E-state index is -5.00. The van der Waals surface area contributed by atoms with Crippen molar-refractivity contribution in [3.63, 3.8) is 0 Å². The van der Waals surface area contributed by atoms with Crippen molar-refractivity contribution < 1.29 is 153 Å². The molecule has 0 heterocycles. The third-order valence-electron chi connectivity index (χ3n) is 19.8. The number of phosphoric ester groups is 2. The molecule has 0 aromatic rings. The number of Topliss-reactive ketones (excluding diaryl/α,β-unsaturated/α-hetero) is 2. The van der Waals surface area contributed by atoms with Crippen LogP contribution in [-0.4, -0.2) is 137 Å². The van der Waals surface area contributed by atoms with Crippen molar-refractivity contribution in [1.82, 2.24) is 21.3 Å². The molecule has 116 heavy (non-hydrogen) atoms. The number of carbonyl (C=O) groups is 8. The van der Waals surface area contributed by atoms with Crippen molar-refractivity contribution in [2.24, 2.45) is 0 Å². The summed E-state index contributed by atoms with van der Waals surface area (Å²) in [6.07, 6.45) is 55.3. The van der Waals surface area contributed by atoms with Gasteiger partial charge < -0.3 is 68.1 Å². The molecule has 4 amide bonds. The number of allylic oxidation sites excluding steroid dienone is 4. The maximum absolute atomic E-state index is 13.2. The molecule has 6 atom stereocenters. The van der Waals surface area contributed by atoms with Crippen LogP contribution in [0, 0.1) is 0 Å². The van der Waals surface area contributed by atoms with Gasteiger partial charge in [0.2, 0.25) is 23.6 Å². The summed E-state index contributed by atoms with van der Waals surface area (Å²) in [5.41, 5.74) is 0. The van der Waals surface area contributed by atoms with E-state index in [1.165, 1.54) is 103 Å². The molecule has 0 bridgehead atoms. The molecule has 666 valence electrons. The Morgan fingerprint density at radius 3 is 0.922 bits per heavy atom. The number of hydrogen-bond acceptors (Lipinski definition) is 20. The van der Waals surface area contributed by atoms with E-state index in [1.807, 2.05) is 0 Å². The van der Waals surface area contributed by atoms with Crippen LogP contribution in [-0.2, 0) is 84.5 Å². The molecule has 0 aliphatic rings. The summed E-state index contributed by atoms with van der Waals surface area (Å²) in [5, 5.41) is 10.6. The molecule has 28 heteroatoms. The fourth-order valence-corrected chi connectivity index (χ4v) is 14.4. The Morgan fingerprint density at radius 2 is 0.595 bits per heavy atom. The maximum Gasteiger partial charge on any atom is 1.00 e. The Labute approximate surface area is 747 Å². The molecule has 0 spiro atoms. The summed E-state index contributed by atoms with van der Waals surface area (Å²) in [7, 11) is -10.00. The van der Waals surface area contributed by atoms with E-state index in [0.29, 0.717) is 64.2 Å². The van der Waals surface area contributed by atoms with E-state index < -0.39 is 103 Å². The smallest absolute Gasteiger partial charge is 0.756 e. The molecular weight excluding hydrogens is 1540 g/mol. The molecule has 0 aliphatic heterocycles. The van der Waals surface area contributed by atoms with Gasteiger partial charge in [0, 0.05) is 64.5 Å². The van der Waals surface area contributed by atoms with Gasteiger partial charge in [0.15, 0.2) is 0 Å². The third kappa shape index (κ3) is 82.7. The van der Waals surface area contributed by atoms with Gasteiger partial charge in [-0.1, -0.05) is 258 Å². The molecule has 0 saturated heterocycles. The van der Waals surface area contributed by atoms with Crippen LogP contribution in [0.1, 0.15) is 401 Å². The van der Waals surface area contributed by atoms with Crippen LogP contribution >= 0.6 is 15.6 Å². The van der Waals surface area contributed by atoms with Crippen molar-refractivity contribution >= 4 is 62.8 Å². The van der Waals surface area contributed by atoms with Gasteiger partial charge in [-0.05, 0) is 103 Å². The molecule has 4 unspecified atom stereocenters. The Kier molecular flexibility index (Phi) is 87.7. The molecule has 0 aromatic heterocycles. The van der Waals surface area contributed by atoms with E-state index in [0.717, 1.165) is 141 Å². The van der Waals surface area contributed by atoms with Crippen LogP contribution < -0.4 is 90.2 Å². The van der Waals surface area contributed by atoms with Gasteiger partial charge in [-0.3, -0.25) is 47.5 Å². The van der Waals surface area contributed by atoms with Crippen LogP contribution in [0.3, 0.4) is 0 Å². The average molecular weight is 1700 g/mol. The number of ketones is 2. The van der Waals surface area contributed by atoms with Crippen molar-refractivity contribution in [1.29, 1.82) is 0 Å². The molecular formula is C88H162N4Na2O20P2. The number of amides is 4. The van der Waals surface area contributed by atoms with Crippen LogP contribution in [0.4, 0.5) is 0 Å². The number of nitrogens with one attached hydrogen (secondary N) is 4. The van der Waals surface area contributed by atoms with Crippen molar-refractivity contribution in [3.05, 3.63) is 24.3 Å². The Hall–Kier alpha value is -2.22. The van der Waals surface area contributed by atoms with Gasteiger partial charge in [-0.2, -0.15) is 0 Å². The van der Waals surface area contributed by atoms with Gasteiger partial charge in [-0.25, -0.2) is 0 Å². The van der Waals surface area contributed by atoms with Gasteiger partial charge in [0.1, 0.15) is 23.8 Å². The predicted molar refractivity (Wildman–Crippen MR) is 451 cm³/mol. The topological polar surface area (TPSA) is 339 Å². The quantitative estimate of drug-likeness (QED) is 0.0110. The van der Waals surface area contributed by atoms with Crippen LogP contribution in [0.15, 0.2) is 24.3 Å². The number of phosphoric acid groups is 2. The van der Waals surface area contributed by atoms with Gasteiger partial charge >= 0.3 is 71.1 Å². The van der Waals surface area contributed by atoms with Gasteiger partial charge in [-0.15, -0.1) is 0 Å². The molecule has 4 N–H and O–H groups in total. The van der Waals surface area contributed by atoms with Gasteiger partial charge in [0.05, 0.1) is 77.8 Å². The first-order chi connectivity index (χ1) is 55.2. The van der Waals surface area contributed by atoms with E-state index in [-0.39, 0.29) is 161 Å². The zero-order valence-corrected chi connectivity index (χ0v) is 80.1. The fraction of sp³-hybridized carbons (Fsp3) is 0.864. The van der Waals surface area contributed by atoms with E-state index in [4.69, 9.17) is 37.0 Å². The number of hydrogen-bond donors (Lipinski definition) is 4. The van der Waals surface area contributed by atoms with E-state index in [9.17, 15) is 57.3 Å². The zero-order valence-electron chi connectivity index (χ0n) is 74.3. The van der Waals surface area contributed by atoms with E-state index in [2.05, 4.69) is 87.1 Å². The minimum Gasteiger partial charge on any atom is -0.756 e. The molecule has 0 aromatic carbocycles. The summed E-state index contributed by atoms with van der Waals surface area (Å²) in [6.45, 7) is 10.5. The monoisotopic (exact) mass is 1700 g/mol. The van der Waals surface area contributed by atoms with Crippen molar-refractivity contribution in [2.75, 3.05) is 65.9 Å². The summed E-state index contributed by atoms with van der Waals surface area (Å²) in [6, 6.07) is -2.00. The van der Waals surface area contributed by atoms with Crippen LogP contribution in [0.2, 0.25) is 0 Å². The molecule has 24 nitrogen and oxygen atoms in total. The Bertz CT molecular complexity index is 2390. The molecule has 0 aliphatic carbocycles. The summed E-state index contributed by atoms with van der Waals surface area (Å²) < 4.78 is 70.4. The first kappa shape index (κ1) is 118. The first-order valence-electron chi connectivity index (χ1n) is 45.4.